The molecule has 1 aliphatic carbocycles. The third kappa shape index (κ3) is 5.97. The number of hydrogen-bond donors (Lipinski definition) is 2. The van der Waals surface area contributed by atoms with Crippen LogP contribution in [0.1, 0.15) is 30.7 Å². The van der Waals surface area contributed by atoms with Crippen molar-refractivity contribution in [3.05, 3.63) is 131 Å². The summed E-state index contributed by atoms with van der Waals surface area (Å²) in [6.07, 6.45) is 7.03. The molecule has 0 saturated heterocycles. The summed E-state index contributed by atoms with van der Waals surface area (Å²) in [7, 11) is -4.35. The number of rotatable bonds is 9. The maximum Gasteiger partial charge on any atom is 0.253 e. The van der Waals surface area contributed by atoms with E-state index in [1.807, 2.05) is 36.4 Å². The molecule has 5 rings (SSSR count). The molecule has 234 valence electrons. The summed E-state index contributed by atoms with van der Waals surface area (Å²) in [4.78, 5) is 19.2. The smallest absolute Gasteiger partial charge is 0.253 e. The molecule has 1 aliphatic rings. The van der Waals surface area contributed by atoms with Crippen molar-refractivity contribution < 1.29 is 22.7 Å². The van der Waals surface area contributed by atoms with Gasteiger partial charge in [-0.2, -0.15) is 0 Å². The molecule has 2 N–H and O–H groups in total. The molecule has 0 aliphatic heterocycles. The fraction of sp³-hybridized carbons (Fsp3) is 0.235. The summed E-state index contributed by atoms with van der Waals surface area (Å²) in [5.41, 5.74) is -1.93. The number of nitrogens with zero attached hydrogens (tertiary/aromatic N) is 2. The van der Waals surface area contributed by atoms with Gasteiger partial charge in [-0.25, -0.2) is 17.8 Å². The molecule has 7 nitrogen and oxygen atoms in total. The van der Waals surface area contributed by atoms with Crippen LogP contribution in [-0.2, 0) is 32.2 Å². The van der Waals surface area contributed by atoms with E-state index in [0.29, 0.717) is 17.6 Å². The lowest BCUT2D eigenvalue weighted by Gasteiger charge is -2.44. The van der Waals surface area contributed by atoms with Crippen LogP contribution in [-0.4, -0.2) is 46.0 Å². The summed E-state index contributed by atoms with van der Waals surface area (Å²) in [6.45, 7) is 3.06. The minimum absolute atomic E-state index is 0.0343. The molecule has 3 aromatic carbocycles. The number of aromatic nitrogens is 2. The predicted octanol–water partition coefficient (Wildman–Crippen LogP) is 6.26. The van der Waals surface area contributed by atoms with E-state index in [1.165, 1.54) is 55.0 Å². The molecule has 0 saturated carbocycles. The second kappa shape index (κ2) is 12.2. The molecule has 2 atom stereocenters. The number of nitrogens with one attached hydrogen (secondary N) is 1. The van der Waals surface area contributed by atoms with Gasteiger partial charge in [-0.3, -0.25) is 4.79 Å². The van der Waals surface area contributed by atoms with E-state index in [0.717, 1.165) is 11.8 Å². The van der Waals surface area contributed by atoms with Crippen molar-refractivity contribution in [2.45, 2.75) is 35.6 Å². The molecule has 45 heavy (non-hydrogen) atoms. The standard InChI is InChI=1S/C34H32Cl2FN3O4S/c1-32(2,42)28-22-40(30(39-28)29-26(35)15-10-16-27(29)37)33(31(41)38-20-18-23-11-6-4-7-12-23)19-17-25(24-13-8-5-9-14-24)21-34(33,36)45(3,43)44/h4-17,19,21-22,42H,18,20H2,1-3H3,(H,38,41). The summed E-state index contributed by atoms with van der Waals surface area (Å²) in [5.74, 6) is -1.74. The van der Waals surface area contributed by atoms with Gasteiger partial charge in [0.05, 0.1) is 16.3 Å². The molecular formula is C34H32Cl2FN3O4S. The summed E-state index contributed by atoms with van der Waals surface area (Å²) >= 11 is 13.8. The number of carbonyl (C=O) groups is 1. The average Bonchev–Trinajstić information content (AvgIpc) is 3.43. The highest BCUT2D eigenvalue weighted by molar-refractivity contribution is 7.93. The Hall–Kier alpha value is -3.76. The van der Waals surface area contributed by atoms with Crippen molar-refractivity contribution in [2.75, 3.05) is 12.8 Å². The second-order valence-electron chi connectivity index (χ2n) is 11.4. The number of hydrogen-bond acceptors (Lipinski definition) is 5. The Morgan fingerprint density at radius 1 is 1.04 bits per heavy atom. The molecule has 4 aromatic rings. The third-order valence-corrected chi connectivity index (χ3v) is 10.9. The van der Waals surface area contributed by atoms with Gasteiger partial charge >= 0.3 is 0 Å². The number of imidazole rings is 1. The Kier molecular flexibility index (Phi) is 8.85. The molecule has 1 amide bonds. The first-order valence-corrected chi connectivity index (χ1v) is 16.8. The number of amides is 1. The maximum absolute atomic E-state index is 15.5. The van der Waals surface area contributed by atoms with Gasteiger partial charge in [0.25, 0.3) is 5.91 Å². The van der Waals surface area contributed by atoms with Crippen LogP contribution in [0.4, 0.5) is 4.39 Å². The second-order valence-corrected chi connectivity index (χ2v) is 14.9. The van der Waals surface area contributed by atoms with Gasteiger partial charge in [0.2, 0.25) is 0 Å². The Labute approximate surface area is 272 Å². The van der Waals surface area contributed by atoms with Crippen LogP contribution in [0.2, 0.25) is 5.02 Å². The maximum atomic E-state index is 15.5. The molecular weight excluding hydrogens is 636 g/mol. The number of carbonyl (C=O) groups excluding carboxylic acids is 1. The van der Waals surface area contributed by atoms with E-state index in [9.17, 15) is 18.3 Å². The van der Waals surface area contributed by atoms with Crippen molar-refractivity contribution in [3.8, 4) is 11.4 Å². The topological polar surface area (TPSA) is 101 Å². The van der Waals surface area contributed by atoms with Crippen molar-refractivity contribution in [1.29, 1.82) is 0 Å². The zero-order valence-electron chi connectivity index (χ0n) is 24.8. The Morgan fingerprint density at radius 3 is 2.29 bits per heavy atom. The third-order valence-electron chi connectivity index (χ3n) is 7.80. The van der Waals surface area contributed by atoms with Gasteiger partial charge in [-0.1, -0.05) is 96.0 Å². The molecule has 0 fully saturated rings. The van der Waals surface area contributed by atoms with Gasteiger partial charge in [0, 0.05) is 19.0 Å². The van der Waals surface area contributed by atoms with E-state index in [2.05, 4.69) is 10.3 Å². The highest BCUT2D eigenvalue weighted by Gasteiger charge is 2.63. The Morgan fingerprint density at radius 2 is 1.69 bits per heavy atom. The lowest BCUT2D eigenvalue weighted by Crippen LogP contribution is -2.63. The van der Waals surface area contributed by atoms with E-state index in [-0.39, 0.29) is 28.6 Å². The molecule has 1 heterocycles. The molecule has 0 radical (unpaired) electrons. The molecule has 0 bridgehead atoms. The lowest BCUT2D eigenvalue weighted by molar-refractivity contribution is -0.127. The first kappa shape index (κ1) is 32.6. The quantitative estimate of drug-likeness (QED) is 0.205. The highest BCUT2D eigenvalue weighted by Crippen LogP contribution is 2.50. The number of allylic oxidation sites excluding steroid dienone is 2. The number of alkyl halides is 1. The Balaban J connectivity index is 1.80. The van der Waals surface area contributed by atoms with Crippen LogP contribution in [0.25, 0.3) is 17.0 Å². The van der Waals surface area contributed by atoms with Gasteiger partial charge in [-0.15, -0.1) is 0 Å². The van der Waals surface area contributed by atoms with Crippen molar-refractivity contribution in [2.24, 2.45) is 0 Å². The number of benzene rings is 3. The number of sulfone groups is 1. The first-order chi connectivity index (χ1) is 21.2. The Bertz CT molecular complexity index is 1880. The highest BCUT2D eigenvalue weighted by atomic mass is 35.5. The van der Waals surface area contributed by atoms with Gasteiger partial charge in [0.1, 0.15) is 17.2 Å². The van der Waals surface area contributed by atoms with Crippen molar-refractivity contribution in [1.82, 2.24) is 14.9 Å². The zero-order valence-corrected chi connectivity index (χ0v) is 27.2. The fourth-order valence-electron chi connectivity index (χ4n) is 5.40. The predicted molar refractivity (Wildman–Crippen MR) is 176 cm³/mol. The normalized spacial score (nSPS) is 20.1. The van der Waals surface area contributed by atoms with Gasteiger partial charge in [0.15, 0.2) is 19.6 Å². The van der Waals surface area contributed by atoms with Gasteiger partial charge in [-0.05, 0) is 61.3 Å². The van der Waals surface area contributed by atoms with Crippen LogP contribution < -0.4 is 5.32 Å². The number of aliphatic hydroxyl groups is 1. The van der Waals surface area contributed by atoms with Crippen LogP contribution in [0.3, 0.4) is 0 Å². The minimum Gasteiger partial charge on any atom is -0.384 e. The SMILES string of the molecule is CC(C)(O)c1cn(C2(C(=O)NCCc3ccccc3)C=CC(c3ccccc3)=CC2(Cl)S(C)(=O)=O)c(-c2c(F)cccc2Cl)n1. The first-order valence-electron chi connectivity index (χ1n) is 14.1. The van der Waals surface area contributed by atoms with E-state index < -0.39 is 36.9 Å². The summed E-state index contributed by atoms with van der Waals surface area (Å²) in [5, 5.41) is 13.8. The van der Waals surface area contributed by atoms with Crippen LogP contribution in [0, 0.1) is 5.82 Å². The van der Waals surface area contributed by atoms with Crippen molar-refractivity contribution in [3.63, 3.8) is 0 Å². The summed E-state index contributed by atoms with van der Waals surface area (Å²) in [6, 6.07) is 22.5. The zero-order chi connectivity index (χ0) is 32.6. The van der Waals surface area contributed by atoms with Gasteiger partial charge < -0.3 is 15.0 Å². The number of halogens is 3. The fourth-order valence-corrected chi connectivity index (χ4v) is 7.17. The van der Waals surface area contributed by atoms with E-state index in [4.69, 9.17) is 23.2 Å². The van der Waals surface area contributed by atoms with E-state index >= 15 is 4.39 Å². The van der Waals surface area contributed by atoms with Crippen LogP contribution in [0.5, 0.6) is 0 Å². The monoisotopic (exact) mass is 667 g/mol. The molecule has 0 spiro atoms. The van der Waals surface area contributed by atoms with Crippen LogP contribution >= 0.6 is 23.2 Å². The molecule has 2 unspecified atom stereocenters. The lowest BCUT2D eigenvalue weighted by atomic mass is 9.83. The average molecular weight is 669 g/mol. The van der Waals surface area contributed by atoms with Crippen LogP contribution in [0.15, 0.2) is 103 Å². The largest absolute Gasteiger partial charge is 0.384 e. The van der Waals surface area contributed by atoms with E-state index in [1.54, 1.807) is 30.3 Å². The summed E-state index contributed by atoms with van der Waals surface area (Å²) < 4.78 is 42.1. The van der Waals surface area contributed by atoms with Crippen molar-refractivity contribution >= 4 is 44.5 Å². The minimum atomic E-state index is -4.35. The molecule has 11 heteroatoms. The molecule has 1 aromatic heterocycles.